The lowest BCUT2D eigenvalue weighted by atomic mass is 9.99. The van der Waals surface area contributed by atoms with Crippen LogP contribution in [0.3, 0.4) is 0 Å². The zero-order valence-electron chi connectivity index (χ0n) is 9.96. The zero-order valence-corrected chi connectivity index (χ0v) is 9.96. The second-order valence-electron chi connectivity index (χ2n) is 4.92. The first-order valence-electron chi connectivity index (χ1n) is 6.14. The Morgan fingerprint density at radius 3 is 2.53 bits per heavy atom. The van der Waals surface area contributed by atoms with Crippen molar-refractivity contribution in [2.75, 3.05) is 0 Å². The highest BCUT2D eigenvalue weighted by Gasteiger charge is 2.22. The van der Waals surface area contributed by atoms with Gasteiger partial charge in [0.2, 0.25) is 5.91 Å². The molecule has 0 aromatic heterocycles. The van der Waals surface area contributed by atoms with Gasteiger partial charge in [-0.25, -0.2) is 0 Å². The van der Waals surface area contributed by atoms with Crippen molar-refractivity contribution in [3.05, 3.63) is 0 Å². The first-order valence-corrected chi connectivity index (χ1v) is 6.14. The second kappa shape index (κ2) is 6.11. The average molecular weight is 212 g/mol. The number of nitrogens with two attached hydrogens (primary N) is 1. The molecular formula is C12H24N2O. The molecule has 0 aromatic rings. The summed E-state index contributed by atoms with van der Waals surface area (Å²) in [4.78, 5) is 11.5. The van der Waals surface area contributed by atoms with Crippen molar-refractivity contribution in [2.45, 2.75) is 64.5 Å². The van der Waals surface area contributed by atoms with Gasteiger partial charge in [-0.3, -0.25) is 4.79 Å². The fourth-order valence-electron chi connectivity index (χ4n) is 2.26. The molecule has 1 aliphatic rings. The largest absolute Gasteiger partial charge is 0.353 e. The van der Waals surface area contributed by atoms with E-state index in [1.54, 1.807) is 0 Å². The highest BCUT2D eigenvalue weighted by Crippen LogP contribution is 2.27. The summed E-state index contributed by atoms with van der Waals surface area (Å²) in [5, 5.41) is 3.08. The van der Waals surface area contributed by atoms with E-state index in [-0.39, 0.29) is 11.9 Å². The summed E-state index contributed by atoms with van der Waals surface area (Å²) in [6, 6.07) is 0.464. The predicted molar refractivity (Wildman–Crippen MR) is 62.4 cm³/mol. The third-order valence-electron chi connectivity index (χ3n) is 3.32. The molecule has 1 aliphatic carbocycles. The SMILES string of the molecule is CC(N)CCC(=O)N[C@@H](C)C1CCCC1. The highest BCUT2D eigenvalue weighted by molar-refractivity contribution is 5.76. The summed E-state index contributed by atoms with van der Waals surface area (Å²) in [5.74, 6) is 0.857. The van der Waals surface area contributed by atoms with Crippen molar-refractivity contribution in [3.63, 3.8) is 0 Å². The van der Waals surface area contributed by atoms with Gasteiger partial charge in [-0.2, -0.15) is 0 Å². The van der Waals surface area contributed by atoms with E-state index >= 15 is 0 Å². The number of carbonyl (C=O) groups is 1. The fraction of sp³-hybridized carbons (Fsp3) is 0.917. The van der Waals surface area contributed by atoms with Gasteiger partial charge in [0.15, 0.2) is 0 Å². The van der Waals surface area contributed by atoms with Crippen LogP contribution in [0.4, 0.5) is 0 Å². The van der Waals surface area contributed by atoms with Gasteiger partial charge in [-0.05, 0) is 39.0 Å². The molecule has 0 spiro atoms. The Balaban J connectivity index is 2.18. The molecule has 2 atom stereocenters. The standard InChI is InChI=1S/C12H24N2O/c1-9(13)7-8-12(15)14-10(2)11-5-3-4-6-11/h9-11H,3-8,13H2,1-2H3,(H,14,15)/t9?,10-/m0/s1. The van der Waals surface area contributed by atoms with Crippen molar-refractivity contribution < 1.29 is 4.79 Å². The normalized spacial score (nSPS) is 21.3. The maximum Gasteiger partial charge on any atom is 0.220 e. The van der Waals surface area contributed by atoms with Gasteiger partial charge in [0, 0.05) is 18.5 Å². The Morgan fingerprint density at radius 1 is 1.40 bits per heavy atom. The molecule has 1 saturated carbocycles. The monoisotopic (exact) mass is 212 g/mol. The van der Waals surface area contributed by atoms with E-state index in [4.69, 9.17) is 5.73 Å². The van der Waals surface area contributed by atoms with Gasteiger partial charge in [0.25, 0.3) is 0 Å². The Hall–Kier alpha value is -0.570. The summed E-state index contributed by atoms with van der Waals surface area (Å²) in [6.07, 6.45) is 6.54. The molecule has 3 N–H and O–H groups in total. The van der Waals surface area contributed by atoms with Crippen molar-refractivity contribution >= 4 is 5.91 Å². The van der Waals surface area contributed by atoms with E-state index in [9.17, 15) is 4.79 Å². The Kier molecular flexibility index (Phi) is 5.09. The maximum absolute atomic E-state index is 11.5. The van der Waals surface area contributed by atoms with Crippen LogP contribution in [0.5, 0.6) is 0 Å². The molecule has 3 heteroatoms. The van der Waals surface area contributed by atoms with Crippen LogP contribution < -0.4 is 11.1 Å². The quantitative estimate of drug-likeness (QED) is 0.730. The summed E-state index contributed by atoms with van der Waals surface area (Å²) < 4.78 is 0. The molecule has 3 nitrogen and oxygen atoms in total. The molecule has 1 rings (SSSR count). The van der Waals surface area contributed by atoms with Gasteiger partial charge < -0.3 is 11.1 Å². The number of amides is 1. The molecule has 0 saturated heterocycles. The number of nitrogens with one attached hydrogen (secondary N) is 1. The summed E-state index contributed by atoms with van der Waals surface area (Å²) in [7, 11) is 0. The van der Waals surface area contributed by atoms with Gasteiger partial charge >= 0.3 is 0 Å². The molecule has 88 valence electrons. The van der Waals surface area contributed by atoms with Crippen LogP contribution in [0.25, 0.3) is 0 Å². The minimum atomic E-state index is 0.123. The third-order valence-corrected chi connectivity index (χ3v) is 3.32. The van der Waals surface area contributed by atoms with Gasteiger partial charge in [-0.15, -0.1) is 0 Å². The molecule has 0 aromatic carbocycles. The van der Waals surface area contributed by atoms with E-state index in [0.717, 1.165) is 6.42 Å². The van der Waals surface area contributed by atoms with Crippen LogP contribution in [0.2, 0.25) is 0 Å². The summed E-state index contributed by atoms with van der Waals surface area (Å²) in [6.45, 7) is 4.06. The topological polar surface area (TPSA) is 55.1 Å². The van der Waals surface area contributed by atoms with Crippen LogP contribution >= 0.6 is 0 Å². The highest BCUT2D eigenvalue weighted by atomic mass is 16.1. The Morgan fingerprint density at radius 2 is 2.00 bits per heavy atom. The maximum atomic E-state index is 11.5. The van der Waals surface area contributed by atoms with Crippen molar-refractivity contribution in [1.82, 2.24) is 5.32 Å². The Bertz CT molecular complexity index is 198. The first kappa shape index (κ1) is 12.5. The molecular weight excluding hydrogens is 188 g/mol. The van der Waals surface area contributed by atoms with Crippen molar-refractivity contribution in [1.29, 1.82) is 0 Å². The first-order chi connectivity index (χ1) is 7.09. The van der Waals surface area contributed by atoms with Crippen LogP contribution in [-0.2, 0) is 4.79 Å². The fourth-order valence-corrected chi connectivity index (χ4v) is 2.26. The third kappa shape index (κ3) is 4.65. The molecule has 1 unspecified atom stereocenters. The molecule has 0 bridgehead atoms. The lowest BCUT2D eigenvalue weighted by Gasteiger charge is -2.20. The molecule has 0 aliphatic heterocycles. The van der Waals surface area contributed by atoms with Crippen LogP contribution in [-0.4, -0.2) is 18.0 Å². The van der Waals surface area contributed by atoms with Crippen molar-refractivity contribution in [2.24, 2.45) is 11.7 Å². The summed E-state index contributed by atoms with van der Waals surface area (Å²) in [5.41, 5.74) is 5.61. The van der Waals surface area contributed by atoms with Crippen LogP contribution in [0, 0.1) is 5.92 Å². The van der Waals surface area contributed by atoms with Gasteiger partial charge in [0.1, 0.15) is 0 Å². The van der Waals surface area contributed by atoms with Gasteiger partial charge in [-0.1, -0.05) is 12.8 Å². The summed E-state index contributed by atoms with van der Waals surface area (Å²) >= 11 is 0. The number of rotatable bonds is 5. The predicted octanol–water partition coefficient (Wildman–Crippen LogP) is 1.81. The van der Waals surface area contributed by atoms with E-state index in [1.165, 1.54) is 25.7 Å². The lowest BCUT2D eigenvalue weighted by Crippen LogP contribution is -2.37. The molecule has 15 heavy (non-hydrogen) atoms. The number of carbonyl (C=O) groups excluding carboxylic acids is 1. The van der Waals surface area contributed by atoms with E-state index in [2.05, 4.69) is 12.2 Å². The van der Waals surface area contributed by atoms with E-state index in [1.807, 2.05) is 6.92 Å². The van der Waals surface area contributed by atoms with Crippen molar-refractivity contribution in [3.8, 4) is 0 Å². The van der Waals surface area contributed by atoms with E-state index in [0.29, 0.717) is 18.4 Å². The minimum absolute atomic E-state index is 0.123. The van der Waals surface area contributed by atoms with Crippen LogP contribution in [0.15, 0.2) is 0 Å². The van der Waals surface area contributed by atoms with Gasteiger partial charge in [0.05, 0.1) is 0 Å². The minimum Gasteiger partial charge on any atom is -0.353 e. The smallest absolute Gasteiger partial charge is 0.220 e. The van der Waals surface area contributed by atoms with Crippen LogP contribution in [0.1, 0.15) is 52.4 Å². The second-order valence-corrected chi connectivity index (χ2v) is 4.92. The molecule has 0 heterocycles. The van der Waals surface area contributed by atoms with E-state index < -0.39 is 0 Å². The molecule has 1 amide bonds. The Labute approximate surface area is 92.8 Å². The molecule has 1 fully saturated rings. The zero-order chi connectivity index (χ0) is 11.3. The molecule has 0 radical (unpaired) electrons. The number of hydrogen-bond acceptors (Lipinski definition) is 2. The lowest BCUT2D eigenvalue weighted by molar-refractivity contribution is -0.122. The number of hydrogen-bond donors (Lipinski definition) is 2. The average Bonchev–Trinajstić information content (AvgIpc) is 2.67.